The Morgan fingerprint density at radius 1 is 1.35 bits per heavy atom. The molecule has 1 heterocycles. The summed E-state index contributed by atoms with van der Waals surface area (Å²) >= 11 is 0. The highest BCUT2D eigenvalue weighted by Crippen LogP contribution is 2.43. The van der Waals surface area contributed by atoms with E-state index in [2.05, 4.69) is 44.9 Å². The molecule has 1 aromatic rings. The highest BCUT2D eigenvalue weighted by Gasteiger charge is 2.37. The van der Waals surface area contributed by atoms with Crippen LogP contribution >= 0.6 is 0 Å². The summed E-state index contributed by atoms with van der Waals surface area (Å²) in [7, 11) is 0. The molecule has 3 nitrogen and oxygen atoms in total. The number of rotatable bonds is 4. The van der Waals surface area contributed by atoms with Gasteiger partial charge in [0.15, 0.2) is 0 Å². The molecule has 2 rings (SSSR count). The number of aromatic nitrogens is 2. The SMILES string of the molecule is CC(C)C1CCC(C#N)(Cc2ccn(C(C)C)n2)CC1. The lowest BCUT2D eigenvalue weighted by molar-refractivity contribution is 0.173. The van der Waals surface area contributed by atoms with Gasteiger partial charge in [-0.15, -0.1) is 0 Å². The van der Waals surface area contributed by atoms with E-state index < -0.39 is 0 Å². The molecule has 1 fully saturated rings. The van der Waals surface area contributed by atoms with Crippen molar-refractivity contribution in [2.45, 2.75) is 65.8 Å². The van der Waals surface area contributed by atoms with Gasteiger partial charge in [0, 0.05) is 18.7 Å². The molecule has 0 aliphatic heterocycles. The van der Waals surface area contributed by atoms with Crippen LogP contribution < -0.4 is 0 Å². The average Bonchev–Trinajstić information content (AvgIpc) is 2.88. The Hall–Kier alpha value is -1.30. The van der Waals surface area contributed by atoms with Gasteiger partial charge < -0.3 is 0 Å². The standard InChI is InChI=1S/C17H27N3/c1-13(2)15-5-8-17(12-18,9-6-15)11-16-7-10-20(19-16)14(3)4/h7,10,13-15H,5-6,8-9,11H2,1-4H3. The minimum atomic E-state index is -0.179. The molecule has 20 heavy (non-hydrogen) atoms. The molecular formula is C17H27N3. The second-order valence-electron chi connectivity index (χ2n) is 7.03. The third kappa shape index (κ3) is 3.23. The predicted molar refractivity (Wildman–Crippen MR) is 81.2 cm³/mol. The first-order valence-electron chi connectivity index (χ1n) is 7.91. The third-order valence-corrected chi connectivity index (χ3v) is 4.88. The highest BCUT2D eigenvalue weighted by molar-refractivity contribution is 5.11. The minimum absolute atomic E-state index is 0.179. The van der Waals surface area contributed by atoms with Gasteiger partial charge in [0.05, 0.1) is 17.2 Å². The Kier molecular flexibility index (Phi) is 4.52. The maximum Gasteiger partial charge on any atom is 0.0693 e. The van der Waals surface area contributed by atoms with Gasteiger partial charge in [0.1, 0.15) is 0 Å². The zero-order valence-corrected chi connectivity index (χ0v) is 13.3. The maximum absolute atomic E-state index is 9.66. The van der Waals surface area contributed by atoms with Crippen LogP contribution in [0.5, 0.6) is 0 Å². The molecule has 0 atom stereocenters. The molecule has 1 aliphatic carbocycles. The van der Waals surface area contributed by atoms with Crippen molar-refractivity contribution in [1.82, 2.24) is 9.78 Å². The minimum Gasteiger partial charge on any atom is -0.270 e. The summed E-state index contributed by atoms with van der Waals surface area (Å²) < 4.78 is 1.99. The van der Waals surface area contributed by atoms with E-state index in [-0.39, 0.29) is 5.41 Å². The Balaban J connectivity index is 2.04. The topological polar surface area (TPSA) is 41.6 Å². The lowest BCUT2D eigenvalue weighted by atomic mass is 9.67. The highest BCUT2D eigenvalue weighted by atomic mass is 15.3. The van der Waals surface area contributed by atoms with Gasteiger partial charge in [-0.2, -0.15) is 10.4 Å². The van der Waals surface area contributed by atoms with Crippen molar-refractivity contribution >= 4 is 0 Å². The van der Waals surface area contributed by atoms with Crippen LogP contribution in [0, 0.1) is 28.6 Å². The molecule has 0 unspecified atom stereocenters. The van der Waals surface area contributed by atoms with E-state index >= 15 is 0 Å². The number of nitriles is 1. The third-order valence-electron chi connectivity index (χ3n) is 4.88. The van der Waals surface area contributed by atoms with Crippen LogP contribution in [0.3, 0.4) is 0 Å². The van der Waals surface area contributed by atoms with Crippen molar-refractivity contribution in [2.24, 2.45) is 17.3 Å². The van der Waals surface area contributed by atoms with Crippen LogP contribution in [0.25, 0.3) is 0 Å². The summed E-state index contributed by atoms with van der Waals surface area (Å²) in [6, 6.07) is 5.08. The Morgan fingerprint density at radius 2 is 2.00 bits per heavy atom. The second kappa shape index (κ2) is 5.99. The lowest BCUT2D eigenvalue weighted by Crippen LogP contribution is -2.30. The molecule has 1 aromatic heterocycles. The fourth-order valence-electron chi connectivity index (χ4n) is 3.29. The van der Waals surface area contributed by atoms with Crippen LogP contribution in [-0.2, 0) is 6.42 Å². The molecule has 0 N–H and O–H groups in total. The van der Waals surface area contributed by atoms with Crippen molar-refractivity contribution in [3.8, 4) is 6.07 Å². The lowest BCUT2D eigenvalue weighted by Gasteiger charge is -2.36. The largest absolute Gasteiger partial charge is 0.270 e. The van der Waals surface area contributed by atoms with Crippen LogP contribution in [0.15, 0.2) is 12.3 Å². The Labute approximate surface area is 123 Å². The summed E-state index contributed by atoms with van der Waals surface area (Å²) in [5, 5.41) is 14.3. The molecular weight excluding hydrogens is 246 g/mol. The molecule has 3 heteroatoms. The van der Waals surface area contributed by atoms with Gasteiger partial charge in [0.2, 0.25) is 0 Å². The van der Waals surface area contributed by atoms with Crippen LogP contribution in [0.4, 0.5) is 0 Å². The van der Waals surface area contributed by atoms with E-state index in [4.69, 9.17) is 0 Å². The summed E-state index contributed by atoms with van der Waals surface area (Å²) in [6.45, 7) is 8.86. The van der Waals surface area contributed by atoms with Gasteiger partial charge >= 0.3 is 0 Å². The van der Waals surface area contributed by atoms with Gasteiger partial charge in [-0.1, -0.05) is 13.8 Å². The van der Waals surface area contributed by atoms with Crippen molar-refractivity contribution in [3.05, 3.63) is 18.0 Å². The van der Waals surface area contributed by atoms with E-state index in [0.29, 0.717) is 6.04 Å². The van der Waals surface area contributed by atoms with Gasteiger partial charge in [-0.3, -0.25) is 4.68 Å². The summed E-state index contributed by atoms with van der Waals surface area (Å²) in [4.78, 5) is 0. The normalized spacial score (nSPS) is 26.9. The Morgan fingerprint density at radius 3 is 2.45 bits per heavy atom. The quantitative estimate of drug-likeness (QED) is 0.817. The van der Waals surface area contributed by atoms with E-state index in [1.165, 1.54) is 12.8 Å². The van der Waals surface area contributed by atoms with E-state index in [1.54, 1.807) is 0 Å². The monoisotopic (exact) mass is 273 g/mol. The zero-order chi connectivity index (χ0) is 14.8. The van der Waals surface area contributed by atoms with Crippen LogP contribution in [-0.4, -0.2) is 9.78 Å². The first-order valence-corrected chi connectivity index (χ1v) is 7.91. The molecule has 110 valence electrons. The fourth-order valence-corrected chi connectivity index (χ4v) is 3.29. The smallest absolute Gasteiger partial charge is 0.0693 e. The molecule has 0 radical (unpaired) electrons. The van der Waals surface area contributed by atoms with Gasteiger partial charge in [0.25, 0.3) is 0 Å². The first-order chi connectivity index (χ1) is 9.46. The molecule has 1 aliphatic rings. The number of hydrogen-bond acceptors (Lipinski definition) is 2. The van der Waals surface area contributed by atoms with Crippen LogP contribution in [0.1, 0.15) is 65.1 Å². The maximum atomic E-state index is 9.66. The second-order valence-corrected chi connectivity index (χ2v) is 7.03. The predicted octanol–water partition coefficient (Wildman–Crippen LogP) is 4.36. The summed E-state index contributed by atoms with van der Waals surface area (Å²) in [5.74, 6) is 1.54. The van der Waals surface area contributed by atoms with E-state index in [0.717, 1.165) is 36.8 Å². The van der Waals surface area contributed by atoms with Crippen molar-refractivity contribution in [2.75, 3.05) is 0 Å². The van der Waals surface area contributed by atoms with E-state index in [9.17, 15) is 5.26 Å². The zero-order valence-electron chi connectivity index (χ0n) is 13.3. The van der Waals surface area contributed by atoms with Crippen molar-refractivity contribution in [1.29, 1.82) is 5.26 Å². The molecule has 0 saturated heterocycles. The molecule has 0 bridgehead atoms. The molecule has 0 amide bonds. The number of nitrogens with zero attached hydrogens (tertiary/aromatic N) is 3. The fraction of sp³-hybridized carbons (Fsp3) is 0.765. The van der Waals surface area contributed by atoms with E-state index in [1.807, 2.05) is 10.9 Å². The van der Waals surface area contributed by atoms with Crippen molar-refractivity contribution in [3.63, 3.8) is 0 Å². The summed E-state index contributed by atoms with van der Waals surface area (Å²) in [5.41, 5.74) is 0.893. The number of hydrogen-bond donors (Lipinski definition) is 0. The summed E-state index contributed by atoms with van der Waals surface area (Å²) in [6.07, 6.45) is 7.28. The van der Waals surface area contributed by atoms with Gasteiger partial charge in [-0.25, -0.2) is 0 Å². The first kappa shape index (κ1) is 15.1. The Bertz CT molecular complexity index is 471. The van der Waals surface area contributed by atoms with Gasteiger partial charge in [-0.05, 0) is 57.4 Å². The molecule has 0 aromatic carbocycles. The van der Waals surface area contributed by atoms with Crippen LogP contribution in [0.2, 0.25) is 0 Å². The molecule has 1 saturated carbocycles. The van der Waals surface area contributed by atoms with Crippen molar-refractivity contribution < 1.29 is 0 Å². The molecule has 0 spiro atoms. The average molecular weight is 273 g/mol.